The summed E-state index contributed by atoms with van der Waals surface area (Å²) in [5, 5.41) is 22.6. The van der Waals surface area contributed by atoms with Crippen LogP contribution in [0.4, 0.5) is 11.4 Å². The first-order valence-electron chi connectivity index (χ1n) is 6.09. The third-order valence-corrected chi connectivity index (χ3v) is 3.96. The van der Waals surface area contributed by atoms with Crippen LogP contribution in [-0.2, 0) is 9.84 Å². The molecule has 8 heteroatoms. The zero-order chi connectivity index (χ0) is 15.3. The van der Waals surface area contributed by atoms with Gasteiger partial charge >= 0.3 is 0 Å². The van der Waals surface area contributed by atoms with Crippen molar-refractivity contribution < 1.29 is 18.4 Å². The number of nitro benzene ring substituents is 1. The molecule has 2 N–H and O–H groups in total. The SMILES string of the molecule is CC(CCO)CNc1ccc([N+](=O)[O-])c(S(C)(=O)=O)c1. The van der Waals surface area contributed by atoms with E-state index in [1.807, 2.05) is 6.92 Å². The molecule has 0 saturated heterocycles. The van der Waals surface area contributed by atoms with E-state index in [2.05, 4.69) is 5.32 Å². The number of nitrogens with zero attached hydrogens (tertiary/aromatic N) is 1. The Labute approximate surface area is 117 Å². The van der Waals surface area contributed by atoms with Gasteiger partial charge in [0.05, 0.1) is 4.92 Å². The second-order valence-corrected chi connectivity index (χ2v) is 6.69. The van der Waals surface area contributed by atoms with Gasteiger partial charge in [0.15, 0.2) is 9.84 Å². The molecule has 0 amide bonds. The van der Waals surface area contributed by atoms with Gasteiger partial charge in [-0.3, -0.25) is 10.1 Å². The summed E-state index contributed by atoms with van der Waals surface area (Å²) in [7, 11) is -3.67. The van der Waals surface area contributed by atoms with Gasteiger partial charge in [-0.2, -0.15) is 0 Å². The molecule has 1 aromatic carbocycles. The van der Waals surface area contributed by atoms with Crippen molar-refractivity contribution in [3.8, 4) is 0 Å². The van der Waals surface area contributed by atoms with Crippen LogP contribution in [0.2, 0.25) is 0 Å². The number of aliphatic hydroxyl groups is 1. The van der Waals surface area contributed by atoms with Crippen LogP contribution in [0.3, 0.4) is 0 Å². The van der Waals surface area contributed by atoms with Gasteiger partial charge in [-0.05, 0) is 24.5 Å². The van der Waals surface area contributed by atoms with E-state index in [1.54, 1.807) is 0 Å². The number of anilines is 1. The standard InChI is InChI=1S/C12H18N2O5S/c1-9(5-6-15)8-13-10-3-4-11(14(16)17)12(7-10)20(2,18)19/h3-4,7,9,13,15H,5-6,8H2,1-2H3. The zero-order valence-electron chi connectivity index (χ0n) is 11.4. The smallest absolute Gasteiger partial charge is 0.288 e. The summed E-state index contributed by atoms with van der Waals surface area (Å²) < 4.78 is 23.2. The molecule has 112 valence electrons. The highest BCUT2D eigenvalue weighted by Crippen LogP contribution is 2.27. The molecule has 0 aromatic heterocycles. The van der Waals surface area contributed by atoms with E-state index in [0.717, 1.165) is 6.26 Å². The van der Waals surface area contributed by atoms with E-state index < -0.39 is 20.4 Å². The van der Waals surface area contributed by atoms with Crippen LogP contribution in [0, 0.1) is 16.0 Å². The Bertz CT molecular complexity index is 586. The maximum atomic E-state index is 11.6. The molecule has 1 unspecified atom stereocenters. The van der Waals surface area contributed by atoms with Crippen molar-refractivity contribution >= 4 is 21.2 Å². The van der Waals surface area contributed by atoms with Gasteiger partial charge in [-0.15, -0.1) is 0 Å². The fraction of sp³-hybridized carbons (Fsp3) is 0.500. The van der Waals surface area contributed by atoms with Crippen molar-refractivity contribution in [1.29, 1.82) is 0 Å². The molecule has 1 atom stereocenters. The average Bonchev–Trinajstić information content (AvgIpc) is 2.35. The molecule has 0 aliphatic carbocycles. The molecule has 0 aliphatic heterocycles. The third kappa shape index (κ3) is 4.46. The van der Waals surface area contributed by atoms with Crippen molar-refractivity contribution in [2.75, 3.05) is 24.7 Å². The van der Waals surface area contributed by atoms with E-state index >= 15 is 0 Å². The van der Waals surface area contributed by atoms with Gasteiger partial charge in [0.1, 0.15) is 4.90 Å². The second-order valence-electron chi connectivity index (χ2n) is 4.71. The average molecular weight is 302 g/mol. The molecule has 0 spiro atoms. The predicted molar refractivity (Wildman–Crippen MR) is 75.6 cm³/mol. The number of aliphatic hydroxyl groups excluding tert-OH is 1. The number of sulfone groups is 1. The third-order valence-electron chi connectivity index (χ3n) is 2.83. The minimum absolute atomic E-state index is 0.0810. The highest BCUT2D eigenvalue weighted by molar-refractivity contribution is 7.90. The Morgan fingerprint density at radius 2 is 2.10 bits per heavy atom. The zero-order valence-corrected chi connectivity index (χ0v) is 12.2. The van der Waals surface area contributed by atoms with Gasteiger partial charge < -0.3 is 10.4 Å². The van der Waals surface area contributed by atoms with Gasteiger partial charge in [-0.1, -0.05) is 6.92 Å². The van der Waals surface area contributed by atoms with Crippen LogP contribution in [-0.4, -0.2) is 37.9 Å². The number of nitro groups is 1. The molecule has 0 radical (unpaired) electrons. The lowest BCUT2D eigenvalue weighted by molar-refractivity contribution is -0.387. The summed E-state index contributed by atoms with van der Waals surface area (Å²) >= 11 is 0. The van der Waals surface area contributed by atoms with Gasteiger partial charge in [0, 0.05) is 31.2 Å². The number of hydrogen-bond donors (Lipinski definition) is 2. The Kier molecular flexibility index (Phi) is 5.46. The highest BCUT2D eigenvalue weighted by Gasteiger charge is 2.22. The van der Waals surface area contributed by atoms with Crippen molar-refractivity contribution in [2.24, 2.45) is 5.92 Å². The largest absolute Gasteiger partial charge is 0.396 e. The molecule has 1 aromatic rings. The summed E-state index contributed by atoms with van der Waals surface area (Å²) in [6.07, 6.45) is 1.56. The van der Waals surface area contributed by atoms with Crippen LogP contribution >= 0.6 is 0 Å². The molecule has 0 fully saturated rings. The Hall–Kier alpha value is -1.67. The van der Waals surface area contributed by atoms with Gasteiger partial charge in [0.25, 0.3) is 5.69 Å². The minimum Gasteiger partial charge on any atom is -0.396 e. The second kappa shape index (κ2) is 6.67. The summed E-state index contributed by atoms with van der Waals surface area (Å²) in [6, 6.07) is 3.91. The molecule has 0 aliphatic rings. The summed E-state index contributed by atoms with van der Waals surface area (Å²) in [5.41, 5.74) is 0.0715. The predicted octanol–water partition coefficient (Wildman–Crippen LogP) is 1.43. The fourth-order valence-electron chi connectivity index (χ4n) is 1.69. The van der Waals surface area contributed by atoms with Crippen LogP contribution in [0.1, 0.15) is 13.3 Å². The van der Waals surface area contributed by atoms with Crippen molar-refractivity contribution in [1.82, 2.24) is 0 Å². The van der Waals surface area contributed by atoms with Crippen LogP contribution in [0.25, 0.3) is 0 Å². The summed E-state index contributed by atoms with van der Waals surface area (Å²) in [6.45, 7) is 2.56. The number of hydrogen-bond acceptors (Lipinski definition) is 6. The topological polar surface area (TPSA) is 110 Å². The normalized spacial score (nSPS) is 12.9. The molecule has 7 nitrogen and oxygen atoms in total. The number of rotatable bonds is 7. The molecule has 1 rings (SSSR count). The fourth-order valence-corrected chi connectivity index (χ4v) is 2.55. The lowest BCUT2D eigenvalue weighted by Gasteiger charge is -2.13. The van der Waals surface area contributed by atoms with Gasteiger partial charge in [0.2, 0.25) is 0 Å². The molecule has 0 bridgehead atoms. The van der Waals surface area contributed by atoms with E-state index in [1.165, 1.54) is 18.2 Å². The number of benzene rings is 1. The van der Waals surface area contributed by atoms with Crippen molar-refractivity contribution in [2.45, 2.75) is 18.2 Å². The van der Waals surface area contributed by atoms with Crippen LogP contribution in [0.15, 0.2) is 23.1 Å². The molecule has 0 saturated carbocycles. The maximum absolute atomic E-state index is 11.6. The molecular formula is C12H18N2O5S. The van der Waals surface area contributed by atoms with Crippen LogP contribution < -0.4 is 5.32 Å². The van der Waals surface area contributed by atoms with Crippen molar-refractivity contribution in [3.63, 3.8) is 0 Å². The van der Waals surface area contributed by atoms with E-state index in [4.69, 9.17) is 5.11 Å². The minimum atomic E-state index is -3.67. The lowest BCUT2D eigenvalue weighted by atomic mass is 10.1. The van der Waals surface area contributed by atoms with Crippen molar-refractivity contribution in [3.05, 3.63) is 28.3 Å². The van der Waals surface area contributed by atoms with Gasteiger partial charge in [-0.25, -0.2) is 8.42 Å². The molecule has 0 heterocycles. The first kappa shape index (κ1) is 16.4. The lowest BCUT2D eigenvalue weighted by Crippen LogP contribution is -2.13. The Morgan fingerprint density at radius 1 is 1.45 bits per heavy atom. The van der Waals surface area contributed by atoms with E-state index in [-0.39, 0.29) is 17.4 Å². The first-order valence-corrected chi connectivity index (χ1v) is 7.98. The van der Waals surface area contributed by atoms with E-state index in [0.29, 0.717) is 18.7 Å². The number of nitrogens with one attached hydrogen (secondary N) is 1. The Morgan fingerprint density at radius 3 is 2.60 bits per heavy atom. The van der Waals surface area contributed by atoms with Crippen LogP contribution in [0.5, 0.6) is 0 Å². The highest BCUT2D eigenvalue weighted by atomic mass is 32.2. The first-order chi connectivity index (χ1) is 9.25. The molecular weight excluding hydrogens is 284 g/mol. The molecule has 20 heavy (non-hydrogen) atoms. The monoisotopic (exact) mass is 302 g/mol. The summed E-state index contributed by atoms with van der Waals surface area (Å²) in [4.78, 5) is 9.81. The summed E-state index contributed by atoms with van der Waals surface area (Å²) in [5.74, 6) is 0.205. The maximum Gasteiger partial charge on any atom is 0.288 e. The van der Waals surface area contributed by atoms with E-state index in [9.17, 15) is 18.5 Å². The Balaban J connectivity index is 2.99. The quantitative estimate of drug-likeness (QED) is 0.582.